The van der Waals surface area contributed by atoms with E-state index < -0.39 is 0 Å². The molecule has 0 spiro atoms. The number of thiazole rings is 1. The molecule has 4 rings (SSSR count). The Balaban J connectivity index is 1.71. The predicted octanol–water partition coefficient (Wildman–Crippen LogP) is 6.70. The predicted molar refractivity (Wildman–Crippen MR) is 132 cm³/mol. The zero-order valence-corrected chi connectivity index (χ0v) is 19.6. The number of rotatable bonds is 6. The minimum atomic E-state index is -0.196. The number of hydrogen-bond acceptors (Lipinski definition) is 5. The minimum absolute atomic E-state index is 0.0686. The van der Waals surface area contributed by atoms with Crippen LogP contribution in [0.2, 0.25) is 0 Å². The first kappa shape index (κ1) is 22.0. The third-order valence-corrected chi connectivity index (χ3v) is 5.81. The van der Waals surface area contributed by atoms with Gasteiger partial charge in [0.05, 0.1) is 29.1 Å². The number of ether oxygens (including phenoxy) is 1. The lowest BCUT2D eigenvalue weighted by atomic mass is 9.93. The number of aromatic nitrogens is 2. The largest absolute Gasteiger partial charge is 0.494 e. The van der Waals surface area contributed by atoms with E-state index in [1.54, 1.807) is 0 Å². The van der Waals surface area contributed by atoms with Crippen molar-refractivity contribution in [2.75, 3.05) is 11.9 Å². The number of nitrogens with one attached hydrogen (secondary N) is 1. The molecule has 2 heterocycles. The van der Waals surface area contributed by atoms with Gasteiger partial charge in [-0.15, -0.1) is 11.3 Å². The number of fused-ring (bicyclic) bond motifs is 1. The Morgan fingerprint density at radius 2 is 1.88 bits per heavy atom. The fourth-order valence-corrected chi connectivity index (χ4v) is 4.25. The van der Waals surface area contributed by atoms with Gasteiger partial charge in [-0.25, -0.2) is 9.97 Å². The SMILES string of the molecule is CCCOc1cccc(-c2cc(C(=O)Nc3nc(C(C)(C)C)cs3)c3ccccc3n2)c1. The van der Waals surface area contributed by atoms with Crippen molar-refractivity contribution in [2.24, 2.45) is 0 Å². The average molecular weight is 446 g/mol. The van der Waals surface area contributed by atoms with Crippen molar-refractivity contribution in [1.29, 1.82) is 0 Å². The summed E-state index contributed by atoms with van der Waals surface area (Å²) in [4.78, 5) is 22.7. The zero-order chi connectivity index (χ0) is 22.7. The summed E-state index contributed by atoms with van der Waals surface area (Å²) < 4.78 is 5.78. The number of anilines is 1. The maximum Gasteiger partial charge on any atom is 0.258 e. The topological polar surface area (TPSA) is 64.1 Å². The highest BCUT2D eigenvalue weighted by molar-refractivity contribution is 7.14. The lowest BCUT2D eigenvalue weighted by molar-refractivity contribution is 0.102. The first-order valence-electron chi connectivity index (χ1n) is 10.8. The van der Waals surface area contributed by atoms with Crippen LogP contribution in [0, 0.1) is 0 Å². The smallest absolute Gasteiger partial charge is 0.258 e. The van der Waals surface area contributed by atoms with Crippen LogP contribution in [0.5, 0.6) is 5.75 Å². The second-order valence-corrected chi connectivity index (χ2v) is 9.55. The van der Waals surface area contributed by atoms with Crippen LogP contribution in [0.3, 0.4) is 0 Å². The third-order valence-electron chi connectivity index (χ3n) is 5.06. The Hall–Kier alpha value is -3.25. The maximum absolute atomic E-state index is 13.3. The Kier molecular flexibility index (Phi) is 6.24. The van der Waals surface area contributed by atoms with Crippen molar-refractivity contribution in [1.82, 2.24) is 9.97 Å². The van der Waals surface area contributed by atoms with E-state index in [2.05, 4.69) is 38.0 Å². The Bertz CT molecular complexity index is 1260. The molecule has 0 saturated heterocycles. The van der Waals surface area contributed by atoms with Crippen molar-refractivity contribution < 1.29 is 9.53 Å². The first-order chi connectivity index (χ1) is 15.3. The maximum atomic E-state index is 13.3. The van der Waals surface area contributed by atoms with Crippen LogP contribution in [0.15, 0.2) is 60.0 Å². The van der Waals surface area contributed by atoms with Gasteiger partial charge in [0.1, 0.15) is 5.75 Å². The second-order valence-electron chi connectivity index (χ2n) is 8.69. The highest BCUT2D eigenvalue weighted by Gasteiger charge is 2.20. The van der Waals surface area contributed by atoms with Crippen LogP contribution in [0.25, 0.3) is 22.2 Å². The molecule has 0 fully saturated rings. The highest BCUT2D eigenvalue weighted by atomic mass is 32.1. The molecular weight excluding hydrogens is 418 g/mol. The number of nitrogens with zero attached hydrogens (tertiary/aromatic N) is 2. The Labute approximate surface area is 192 Å². The lowest BCUT2D eigenvalue weighted by Gasteiger charge is -2.14. The molecule has 1 amide bonds. The van der Waals surface area contributed by atoms with E-state index in [9.17, 15) is 4.79 Å². The van der Waals surface area contributed by atoms with Crippen molar-refractivity contribution in [3.8, 4) is 17.0 Å². The summed E-state index contributed by atoms with van der Waals surface area (Å²) in [6.45, 7) is 9.05. The van der Waals surface area contributed by atoms with E-state index in [4.69, 9.17) is 9.72 Å². The van der Waals surface area contributed by atoms with E-state index in [1.807, 2.05) is 60.0 Å². The van der Waals surface area contributed by atoms with Crippen LogP contribution in [0.4, 0.5) is 5.13 Å². The van der Waals surface area contributed by atoms with E-state index >= 15 is 0 Å². The Morgan fingerprint density at radius 1 is 1.06 bits per heavy atom. The molecule has 2 aromatic carbocycles. The van der Waals surface area contributed by atoms with E-state index in [1.165, 1.54) is 11.3 Å². The summed E-state index contributed by atoms with van der Waals surface area (Å²) >= 11 is 1.44. The van der Waals surface area contributed by atoms with Crippen LogP contribution in [-0.4, -0.2) is 22.5 Å². The molecule has 2 aromatic heterocycles. The summed E-state index contributed by atoms with van der Waals surface area (Å²) in [7, 11) is 0. The summed E-state index contributed by atoms with van der Waals surface area (Å²) in [6.07, 6.45) is 0.941. The molecule has 164 valence electrons. The van der Waals surface area contributed by atoms with Crippen molar-refractivity contribution in [3.05, 3.63) is 71.2 Å². The van der Waals surface area contributed by atoms with Crippen molar-refractivity contribution >= 4 is 33.3 Å². The fourth-order valence-electron chi connectivity index (χ4n) is 3.32. The molecule has 0 aliphatic rings. The number of benzene rings is 2. The molecule has 0 aliphatic carbocycles. The quantitative estimate of drug-likeness (QED) is 0.359. The van der Waals surface area contributed by atoms with Gasteiger partial charge in [0, 0.05) is 21.7 Å². The van der Waals surface area contributed by atoms with Gasteiger partial charge < -0.3 is 4.74 Å². The number of amides is 1. The molecule has 0 radical (unpaired) electrons. The monoisotopic (exact) mass is 445 g/mol. The highest BCUT2D eigenvalue weighted by Crippen LogP contribution is 2.30. The van der Waals surface area contributed by atoms with Crippen molar-refractivity contribution in [3.63, 3.8) is 0 Å². The molecule has 0 aliphatic heterocycles. The van der Waals surface area contributed by atoms with Gasteiger partial charge in [-0.2, -0.15) is 0 Å². The fraction of sp³-hybridized carbons (Fsp3) is 0.269. The number of pyridine rings is 1. The molecule has 1 N–H and O–H groups in total. The molecule has 6 heteroatoms. The number of carbonyl (C=O) groups is 1. The van der Waals surface area contributed by atoms with E-state index in [0.29, 0.717) is 17.3 Å². The van der Waals surface area contributed by atoms with Crippen LogP contribution in [-0.2, 0) is 5.41 Å². The van der Waals surface area contributed by atoms with Crippen molar-refractivity contribution in [2.45, 2.75) is 39.5 Å². The van der Waals surface area contributed by atoms with Gasteiger partial charge in [-0.05, 0) is 30.7 Å². The molecule has 0 bridgehead atoms. The summed E-state index contributed by atoms with van der Waals surface area (Å²) in [5.74, 6) is 0.598. The number of para-hydroxylation sites is 1. The van der Waals surface area contributed by atoms with E-state index in [-0.39, 0.29) is 11.3 Å². The second kappa shape index (κ2) is 9.09. The zero-order valence-electron chi connectivity index (χ0n) is 18.8. The molecule has 32 heavy (non-hydrogen) atoms. The molecule has 0 unspecified atom stereocenters. The lowest BCUT2D eigenvalue weighted by Crippen LogP contribution is -2.15. The van der Waals surface area contributed by atoms with Crippen LogP contribution in [0.1, 0.15) is 50.2 Å². The Morgan fingerprint density at radius 3 is 2.62 bits per heavy atom. The van der Waals surface area contributed by atoms with Gasteiger partial charge in [-0.3, -0.25) is 10.1 Å². The molecular formula is C26H27N3O2S. The summed E-state index contributed by atoms with van der Waals surface area (Å²) in [5.41, 5.74) is 3.86. The molecule has 5 nitrogen and oxygen atoms in total. The molecule has 0 saturated carbocycles. The number of carbonyl (C=O) groups excluding carboxylic acids is 1. The standard InChI is InChI=1S/C26H27N3O2S/c1-5-13-31-18-10-8-9-17(14-18)22-15-20(19-11-6-7-12-21(19)27-22)24(30)29-25-28-23(16-32-25)26(2,3)4/h6-12,14-16H,5,13H2,1-4H3,(H,28,29,30). The molecule has 0 atom stereocenters. The van der Waals surface area contributed by atoms with Crippen LogP contribution < -0.4 is 10.1 Å². The summed E-state index contributed by atoms with van der Waals surface area (Å²) in [6, 6.07) is 17.4. The van der Waals surface area contributed by atoms with Gasteiger partial charge in [0.2, 0.25) is 0 Å². The van der Waals surface area contributed by atoms with E-state index in [0.717, 1.165) is 40.0 Å². The molecule has 4 aromatic rings. The van der Waals surface area contributed by atoms with Crippen LogP contribution >= 0.6 is 11.3 Å². The number of hydrogen-bond donors (Lipinski definition) is 1. The summed E-state index contributed by atoms with van der Waals surface area (Å²) in [5, 5.41) is 6.37. The first-order valence-corrected chi connectivity index (χ1v) is 11.6. The van der Waals surface area contributed by atoms with Gasteiger partial charge in [0.25, 0.3) is 5.91 Å². The third kappa shape index (κ3) is 4.81. The normalized spacial score (nSPS) is 11.5. The van der Waals surface area contributed by atoms with Gasteiger partial charge in [0.15, 0.2) is 5.13 Å². The van der Waals surface area contributed by atoms with Gasteiger partial charge >= 0.3 is 0 Å². The minimum Gasteiger partial charge on any atom is -0.494 e. The van der Waals surface area contributed by atoms with Gasteiger partial charge in [-0.1, -0.05) is 58.0 Å². The average Bonchev–Trinajstić information content (AvgIpc) is 3.26.